The summed E-state index contributed by atoms with van der Waals surface area (Å²) in [6.45, 7) is 9.06. The van der Waals surface area contributed by atoms with Crippen molar-refractivity contribution < 1.29 is 9.53 Å². The van der Waals surface area contributed by atoms with Gasteiger partial charge in [-0.1, -0.05) is 0 Å². The highest BCUT2D eigenvalue weighted by atomic mass is 16.5. The van der Waals surface area contributed by atoms with Crippen LogP contribution in [0.25, 0.3) is 0 Å². The molecule has 0 aromatic rings. The first-order valence-corrected chi connectivity index (χ1v) is 6.19. The molecule has 1 aliphatic heterocycles. The van der Waals surface area contributed by atoms with E-state index in [1.807, 2.05) is 20.8 Å². The van der Waals surface area contributed by atoms with Crippen LogP contribution in [0.5, 0.6) is 0 Å². The van der Waals surface area contributed by atoms with Gasteiger partial charge in [-0.15, -0.1) is 0 Å². The maximum absolute atomic E-state index is 12.0. The SMILES string of the molecule is CCOC(C)CNC(=O)C1(C)CCCNC1. The van der Waals surface area contributed by atoms with Crippen molar-refractivity contribution >= 4 is 5.91 Å². The highest BCUT2D eigenvalue weighted by Crippen LogP contribution is 2.25. The van der Waals surface area contributed by atoms with Crippen LogP contribution in [-0.4, -0.2) is 38.3 Å². The number of hydrogen-bond donors (Lipinski definition) is 2. The Bertz CT molecular complexity index is 225. The predicted octanol–water partition coefficient (Wildman–Crippen LogP) is 0.917. The molecule has 0 saturated carbocycles. The quantitative estimate of drug-likeness (QED) is 0.735. The van der Waals surface area contributed by atoms with E-state index in [4.69, 9.17) is 4.74 Å². The zero-order valence-corrected chi connectivity index (χ0v) is 10.6. The summed E-state index contributed by atoms with van der Waals surface area (Å²) in [5, 5.41) is 6.25. The Hall–Kier alpha value is -0.610. The van der Waals surface area contributed by atoms with Gasteiger partial charge in [-0.3, -0.25) is 4.79 Å². The first-order chi connectivity index (χ1) is 7.58. The number of ether oxygens (including phenoxy) is 1. The number of piperidine rings is 1. The van der Waals surface area contributed by atoms with E-state index in [2.05, 4.69) is 10.6 Å². The lowest BCUT2D eigenvalue weighted by Crippen LogP contribution is -2.49. The number of hydrogen-bond acceptors (Lipinski definition) is 3. The Morgan fingerprint density at radius 1 is 1.62 bits per heavy atom. The van der Waals surface area contributed by atoms with Crippen molar-refractivity contribution in [2.24, 2.45) is 5.41 Å². The number of rotatable bonds is 5. The van der Waals surface area contributed by atoms with Crippen LogP contribution in [0.1, 0.15) is 33.6 Å². The van der Waals surface area contributed by atoms with Gasteiger partial charge >= 0.3 is 0 Å². The summed E-state index contributed by atoms with van der Waals surface area (Å²) in [5.41, 5.74) is -0.246. The van der Waals surface area contributed by atoms with Gasteiger partial charge in [0.1, 0.15) is 0 Å². The van der Waals surface area contributed by atoms with Crippen molar-refractivity contribution in [3.05, 3.63) is 0 Å². The third-order valence-corrected chi connectivity index (χ3v) is 3.15. The minimum atomic E-state index is -0.246. The maximum Gasteiger partial charge on any atom is 0.227 e. The fourth-order valence-electron chi connectivity index (χ4n) is 2.04. The summed E-state index contributed by atoms with van der Waals surface area (Å²) in [7, 11) is 0. The monoisotopic (exact) mass is 228 g/mol. The second-order valence-electron chi connectivity index (χ2n) is 4.82. The molecule has 2 unspecified atom stereocenters. The summed E-state index contributed by atoms with van der Waals surface area (Å²) >= 11 is 0. The molecule has 0 bridgehead atoms. The second kappa shape index (κ2) is 6.21. The Morgan fingerprint density at radius 3 is 2.94 bits per heavy atom. The van der Waals surface area contributed by atoms with Gasteiger partial charge < -0.3 is 15.4 Å². The van der Waals surface area contributed by atoms with E-state index in [0.717, 1.165) is 25.9 Å². The van der Waals surface area contributed by atoms with Crippen LogP contribution in [0.15, 0.2) is 0 Å². The van der Waals surface area contributed by atoms with E-state index < -0.39 is 0 Å². The Balaban J connectivity index is 2.33. The molecule has 94 valence electrons. The van der Waals surface area contributed by atoms with Gasteiger partial charge in [0.25, 0.3) is 0 Å². The van der Waals surface area contributed by atoms with Crippen molar-refractivity contribution in [2.45, 2.75) is 39.7 Å². The molecule has 4 heteroatoms. The summed E-state index contributed by atoms with van der Waals surface area (Å²) in [6.07, 6.45) is 2.13. The number of nitrogens with one attached hydrogen (secondary N) is 2. The fourth-order valence-corrected chi connectivity index (χ4v) is 2.04. The molecule has 0 aliphatic carbocycles. The van der Waals surface area contributed by atoms with Crippen LogP contribution in [0, 0.1) is 5.41 Å². The highest BCUT2D eigenvalue weighted by molar-refractivity contribution is 5.82. The van der Waals surface area contributed by atoms with E-state index >= 15 is 0 Å². The predicted molar refractivity (Wildman–Crippen MR) is 64.3 cm³/mol. The average Bonchev–Trinajstić information content (AvgIpc) is 2.27. The Kier molecular flexibility index (Phi) is 5.22. The number of carbonyl (C=O) groups excluding carboxylic acids is 1. The van der Waals surface area contributed by atoms with Crippen molar-refractivity contribution in [3.63, 3.8) is 0 Å². The summed E-state index contributed by atoms with van der Waals surface area (Å²) in [4.78, 5) is 12.0. The lowest BCUT2D eigenvalue weighted by Gasteiger charge is -2.33. The van der Waals surface area contributed by atoms with E-state index in [0.29, 0.717) is 13.2 Å². The van der Waals surface area contributed by atoms with Crippen LogP contribution in [0.4, 0.5) is 0 Å². The first kappa shape index (κ1) is 13.5. The van der Waals surface area contributed by atoms with E-state index in [9.17, 15) is 4.79 Å². The topological polar surface area (TPSA) is 50.4 Å². The third kappa shape index (κ3) is 3.76. The van der Waals surface area contributed by atoms with Crippen molar-refractivity contribution in [2.75, 3.05) is 26.2 Å². The lowest BCUT2D eigenvalue weighted by atomic mass is 9.82. The van der Waals surface area contributed by atoms with Gasteiger partial charge in [-0.05, 0) is 40.2 Å². The minimum absolute atomic E-state index is 0.0918. The molecule has 4 nitrogen and oxygen atoms in total. The van der Waals surface area contributed by atoms with Crippen LogP contribution in [-0.2, 0) is 9.53 Å². The molecule has 1 heterocycles. The molecule has 2 N–H and O–H groups in total. The average molecular weight is 228 g/mol. The maximum atomic E-state index is 12.0. The zero-order chi connectivity index (χ0) is 12.0. The van der Waals surface area contributed by atoms with Crippen molar-refractivity contribution in [1.29, 1.82) is 0 Å². The van der Waals surface area contributed by atoms with Crippen LogP contribution < -0.4 is 10.6 Å². The molecule has 1 saturated heterocycles. The molecule has 1 aliphatic rings. The largest absolute Gasteiger partial charge is 0.377 e. The van der Waals surface area contributed by atoms with E-state index in [1.54, 1.807) is 0 Å². The first-order valence-electron chi connectivity index (χ1n) is 6.19. The molecule has 1 amide bonds. The van der Waals surface area contributed by atoms with Gasteiger partial charge in [0.2, 0.25) is 5.91 Å². The fraction of sp³-hybridized carbons (Fsp3) is 0.917. The molecule has 16 heavy (non-hydrogen) atoms. The van der Waals surface area contributed by atoms with E-state index in [-0.39, 0.29) is 17.4 Å². The molecule has 1 rings (SSSR count). The summed E-state index contributed by atoms with van der Waals surface area (Å²) in [5.74, 6) is 0.145. The molecule has 0 aromatic carbocycles. The van der Waals surface area contributed by atoms with Crippen LogP contribution in [0.2, 0.25) is 0 Å². The normalized spacial score (nSPS) is 27.4. The Morgan fingerprint density at radius 2 is 2.38 bits per heavy atom. The Labute approximate surface area is 98.1 Å². The van der Waals surface area contributed by atoms with Gasteiger partial charge in [0.15, 0.2) is 0 Å². The molecular weight excluding hydrogens is 204 g/mol. The minimum Gasteiger partial charge on any atom is -0.377 e. The molecule has 0 spiro atoms. The lowest BCUT2D eigenvalue weighted by molar-refractivity contribution is -0.131. The smallest absolute Gasteiger partial charge is 0.227 e. The second-order valence-corrected chi connectivity index (χ2v) is 4.82. The number of amides is 1. The third-order valence-electron chi connectivity index (χ3n) is 3.15. The zero-order valence-electron chi connectivity index (χ0n) is 10.6. The molecule has 1 fully saturated rings. The highest BCUT2D eigenvalue weighted by Gasteiger charge is 2.34. The van der Waals surface area contributed by atoms with Gasteiger partial charge in [0, 0.05) is 19.7 Å². The molecule has 0 radical (unpaired) electrons. The van der Waals surface area contributed by atoms with E-state index in [1.165, 1.54) is 0 Å². The number of carbonyl (C=O) groups is 1. The van der Waals surface area contributed by atoms with Crippen molar-refractivity contribution in [3.8, 4) is 0 Å². The van der Waals surface area contributed by atoms with Crippen molar-refractivity contribution in [1.82, 2.24) is 10.6 Å². The van der Waals surface area contributed by atoms with Gasteiger partial charge in [-0.2, -0.15) is 0 Å². The molecular formula is C12H24N2O2. The van der Waals surface area contributed by atoms with Crippen LogP contribution >= 0.6 is 0 Å². The van der Waals surface area contributed by atoms with Crippen LogP contribution in [0.3, 0.4) is 0 Å². The molecule has 2 atom stereocenters. The standard InChI is InChI=1S/C12H24N2O2/c1-4-16-10(2)8-14-11(15)12(3)6-5-7-13-9-12/h10,13H,4-9H2,1-3H3,(H,14,15). The summed E-state index contributed by atoms with van der Waals surface area (Å²) in [6, 6.07) is 0. The molecule has 0 aromatic heterocycles. The summed E-state index contributed by atoms with van der Waals surface area (Å²) < 4.78 is 5.38. The van der Waals surface area contributed by atoms with Gasteiger partial charge in [-0.25, -0.2) is 0 Å². The van der Waals surface area contributed by atoms with Gasteiger partial charge in [0.05, 0.1) is 11.5 Å².